The van der Waals surface area contributed by atoms with Gasteiger partial charge in [0, 0.05) is 0 Å². The summed E-state index contributed by atoms with van der Waals surface area (Å²) in [5.41, 5.74) is 3.67. The Kier molecular flexibility index (Phi) is 2.55. The highest BCUT2D eigenvalue weighted by Crippen LogP contribution is 2.18. The van der Waals surface area contributed by atoms with Crippen LogP contribution in [0.4, 0.5) is 5.69 Å². The van der Waals surface area contributed by atoms with Crippen molar-refractivity contribution in [3.63, 3.8) is 0 Å². The molecule has 72 valence electrons. The zero-order valence-corrected chi connectivity index (χ0v) is 7.80. The van der Waals surface area contributed by atoms with E-state index in [9.17, 15) is 8.42 Å². The smallest absolute Gasteiger partial charge is 0.294 e. The van der Waals surface area contributed by atoms with E-state index in [0.717, 1.165) is 0 Å². The van der Waals surface area contributed by atoms with Gasteiger partial charge in [0.25, 0.3) is 10.1 Å². The maximum Gasteiger partial charge on any atom is 0.294 e. The van der Waals surface area contributed by atoms with E-state index >= 15 is 0 Å². The van der Waals surface area contributed by atoms with E-state index in [-0.39, 0.29) is 4.90 Å². The first kappa shape index (κ1) is 9.97. The quantitative estimate of drug-likeness (QED) is 0.369. The minimum atomic E-state index is -4.12. The summed E-state index contributed by atoms with van der Waals surface area (Å²) in [4.78, 5) is -0.135. The second kappa shape index (κ2) is 3.33. The number of hydrazine groups is 1. The Bertz CT molecular complexity index is 414. The van der Waals surface area contributed by atoms with Crippen LogP contribution in [0.1, 0.15) is 5.56 Å². The van der Waals surface area contributed by atoms with Gasteiger partial charge in [0.2, 0.25) is 0 Å². The topological polar surface area (TPSA) is 92.4 Å². The van der Waals surface area contributed by atoms with Crippen molar-refractivity contribution < 1.29 is 13.0 Å². The Labute approximate surface area is 76.3 Å². The van der Waals surface area contributed by atoms with Crippen LogP contribution >= 0.6 is 0 Å². The number of hydrogen-bond donors (Lipinski definition) is 3. The lowest BCUT2D eigenvalue weighted by Crippen LogP contribution is -2.08. The predicted molar refractivity (Wildman–Crippen MR) is 48.8 cm³/mol. The molecule has 13 heavy (non-hydrogen) atoms. The Hall–Kier alpha value is -1.11. The number of aryl methyl sites for hydroxylation is 1. The van der Waals surface area contributed by atoms with Gasteiger partial charge in [0.05, 0.1) is 10.6 Å². The van der Waals surface area contributed by atoms with Gasteiger partial charge in [0.1, 0.15) is 0 Å². The van der Waals surface area contributed by atoms with Gasteiger partial charge in [-0.15, -0.1) is 0 Å². The first-order chi connectivity index (χ1) is 5.95. The molecule has 0 saturated heterocycles. The third-order valence-corrected chi connectivity index (χ3v) is 2.50. The van der Waals surface area contributed by atoms with Crippen molar-refractivity contribution in [3.8, 4) is 0 Å². The minimum Gasteiger partial charge on any atom is -0.324 e. The highest BCUT2D eigenvalue weighted by atomic mass is 32.2. The van der Waals surface area contributed by atoms with Crippen LogP contribution < -0.4 is 11.3 Å². The number of rotatable bonds is 2. The summed E-state index contributed by atoms with van der Waals surface area (Å²) in [6, 6.07) is 4.10. The van der Waals surface area contributed by atoms with E-state index in [1.165, 1.54) is 18.2 Å². The van der Waals surface area contributed by atoms with Crippen molar-refractivity contribution in [1.82, 2.24) is 0 Å². The van der Waals surface area contributed by atoms with E-state index in [2.05, 4.69) is 5.43 Å². The Morgan fingerprint density at radius 1 is 1.46 bits per heavy atom. The van der Waals surface area contributed by atoms with Crippen LogP contribution in [0, 0.1) is 6.92 Å². The zero-order chi connectivity index (χ0) is 10.1. The molecule has 0 radical (unpaired) electrons. The molecule has 0 amide bonds. The fraction of sp³-hybridized carbons (Fsp3) is 0.143. The lowest BCUT2D eigenvalue weighted by molar-refractivity contribution is 0.483. The molecule has 1 aromatic carbocycles. The standard InChI is InChI=1S/C7H10N2O3S/c1-5-4-6(13(10,11)12)2-3-7(5)9-8/h2-4,9H,8H2,1H3,(H,10,11,12). The van der Waals surface area contributed by atoms with Crippen LogP contribution in [-0.4, -0.2) is 13.0 Å². The van der Waals surface area contributed by atoms with Crippen molar-refractivity contribution in [3.05, 3.63) is 23.8 Å². The van der Waals surface area contributed by atoms with Gasteiger partial charge >= 0.3 is 0 Å². The molecule has 0 aromatic heterocycles. The van der Waals surface area contributed by atoms with Crippen LogP contribution in [-0.2, 0) is 10.1 Å². The summed E-state index contributed by atoms with van der Waals surface area (Å²) in [5.74, 6) is 5.15. The fourth-order valence-electron chi connectivity index (χ4n) is 0.959. The highest BCUT2D eigenvalue weighted by Gasteiger charge is 2.10. The molecule has 0 unspecified atom stereocenters. The molecule has 1 rings (SSSR count). The maximum absolute atomic E-state index is 10.7. The van der Waals surface area contributed by atoms with Crippen LogP contribution in [0.15, 0.2) is 23.1 Å². The van der Waals surface area contributed by atoms with E-state index in [1.54, 1.807) is 6.92 Å². The first-order valence-corrected chi connectivity index (χ1v) is 4.94. The van der Waals surface area contributed by atoms with E-state index in [4.69, 9.17) is 10.4 Å². The zero-order valence-electron chi connectivity index (χ0n) is 6.98. The van der Waals surface area contributed by atoms with Crippen LogP contribution in [0.5, 0.6) is 0 Å². The van der Waals surface area contributed by atoms with Crippen LogP contribution in [0.25, 0.3) is 0 Å². The third kappa shape index (κ3) is 2.18. The second-order valence-corrected chi connectivity index (χ2v) is 4.02. The van der Waals surface area contributed by atoms with Gasteiger partial charge in [-0.1, -0.05) is 0 Å². The van der Waals surface area contributed by atoms with Gasteiger partial charge in [-0.3, -0.25) is 10.4 Å². The second-order valence-electron chi connectivity index (χ2n) is 2.60. The largest absolute Gasteiger partial charge is 0.324 e. The van der Waals surface area contributed by atoms with E-state index in [1.807, 2.05) is 0 Å². The van der Waals surface area contributed by atoms with Gasteiger partial charge in [-0.2, -0.15) is 8.42 Å². The molecule has 0 fully saturated rings. The van der Waals surface area contributed by atoms with Gasteiger partial charge in [0.15, 0.2) is 0 Å². The van der Waals surface area contributed by atoms with Crippen molar-refractivity contribution in [2.75, 3.05) is 5.43 Å². The summed E-state index contributed by atoms with van der Waals surface area (Å²) in [6.45, 7) is 1.68. The monoisotopic (exact) mass is 202 g/mol. The van der Waals surface area contributed by atoms with E-state index in [0.29, 0.717) is 11.3 Å². The first-order valence-electron chi connectivity index (χ1n) is 3.50. The molecule has 4 N–H and O–H groups in total. The summed E-state index contributed by atoms with van der Waals surface area (Å²) in [6.07, 6.45) is 0. The number of benzene rings is 1. The molecular formula is C7H10N2O3S. The molecule has 0 bridgehead atoms. The van der Waals surface area contributed by atoms with Crippen molar-refractivity contribution in [2.24, 2.45) is 5.84 Å². The number of nitrogen functional groups attached to an aromatic ring is 1. The number of nitrogens with one attached hydrogen (secondary N) is 1. The molecule has 6 heteroatoms. The molecule has 0 aliphatic carbocycles. The summed E-state index contributed by atoms with van der Waals surface area (Å²) < 4.78 is 30.1. The molecule has 0 aliphatic rings. The molecule has 0 aliphatic heterocycles. The van der Waals surface area contributed by atoms with Crippen molar-refractivity contribution in [1.29, 1.82) is 0 Å². The average molecular weight is 202 g/mol. The van der Waals surface area contributed by atoms with Crippen molar-refractivity contribution in [2.45, 2.75) is 11.8 Å². The molecule has 5 nitrogen and oxygen atoms in total. The summed E-state index contributed by atoms with van der Waals surface area (Å²) in [5, 5.41) is 0. The average Bonchev–Trinajstić information content (AvgIpc) is 2.02. The normalized spacial score (nSPS) is 11.3. The number of anilines is 1. The third-order valence-electron chi connectivity index (χ3n) is 1.65. The molecule has 0 saturated carbocycles. The number of nitrogens with two attached hydrogens (primary N) is 1. The molecule has 0 atom stereocenters. The fourth-order valence-corrected chi connectivity index (χ4v) is 1.52. The Morgan fingerprint density at radius 3 is 2.46 bits per heavy atom. The van der Waals surface area contributed by atoms with Crippen LogP contribution in [0.3, 0.4) is 0 Å². The molecule has 1 aromatic rings. The Balaban J connectivity index is 3.26. The molecule has 0 heterocycles. The predicted octanol–water partition coefficient (Wildman–Crippen LogP) is 0.527. The SMILES string of the molecule is Cc1cc(S(=O)(=O)O)ccc1NN. The summed E-state index contributed by atoms with van der Waals surface area (Å²) >= 11 is 0. The van der Waals surface area contributed by atoms with Gasteiger partial charge in [-0.05, 0) is 30.7 Å². The lowest BCUT2D eigenvalue weighted by atomic mass is 10.2. The maximum atomic E-state index is 10.7. The van der Waals surface area contributed by atoms with Crippen LogP contribution in [0.2, 0.25) is 0 Å². The Morgan fingerprint density at radius 2 is 2.08 bits per heavy atom. The molecular weight excluding hydrogens is 192 g/mol. The van der Waals surface area contributed by atoms with Crippen molar-refractivity contribution >= 4 is 15.8 Å². The number of hydrogen-bond acceptors (Lipinski definition) is 4. The highest BCUT2D eigenvalue weighted by molar-refractivity contribution is 7.85. The molecule has 0 spiro atoms. The lowest BCUT2D eigenvalue weighted by Gasteiger charge is -2.05. The summed E-state index contributed by atoms with van der Waals surface area (Å²) in [7, 11) is -4.12. The van der Waals surface area contributed by atoms with E-state index < -0.39 is 10.1 Å². The van der Waals surface area contributed by atoms with Gasteiger partial charge in [-0.25, -0.2) is 0 Å². The minimum absolute atomic E-state index is 0.135. The van der Waals surface area contributed by atoms with Gasteiger partial charge < -0.3 is 5.43 Å².